The Labute approximate surface area is 156 Å². The Morgan fingerprint density at radius 3 is 2.54 bits per heavy atom. The quantitative estimate of drug-likeness (QED) is 0.435. The van der Waals surface area contributed by atoms with E-state index in [1.54, 1.807) is 0 Å². The van der Waals surface area contributed by atoms with E-state index >= 15 is 0 Å². The van der Waals surface area contributed by atoms with Gasteiger partial charge in [-0.05, 0) is 29.8 Å². The van der Waals surface area contributed by atoms with Gasteiger partial charge >= 0.3 is 11.9 Å². The number of carbonyl (C=O) groups excluding carboxylic acids is 1. The van der Waals surface area contributed by atoms with Crippen molar-refractivity contribution < 1.29 is 36.8 Å². The number of amides is 1. The number of methoxy groups -OCH3 is 1. The molecule has 0 saturated carbocycles. The molecule has 0 heterocycles. The van der Waals surface area contributed by atoms with E-state index in [-0.39, 0.29) is 17.1 Å². The van der Waals surface area contributed by atoms with Crippen LogP contribution in [0.4, 0.5) is 23.2 Å². The largest absolute Gasteiger partial charge is 0.496 e. The van der Waals surface area contributed by atoms with E-state index in [2.05, 4.69) is 5.32 Å². The lowest BCUT2D eigenvalue weighted by molar-refractivity contribution is -0.385. The molecule has 2 rings (SSSR count). The summed E-state index contributed by atoms with van der Waals surface area (Å²) in [6.45, 7) is -1.20. The van der Waals surface area contributed by atoms with Gasteiger partial charge in [0.1, 0.15) is 11.6 Å². The average Bonchev–Trinajstić information content (AvgIpc) is 2.64. The van der Waals surface area contributed by atoms with E-state index < -0.39 is 47.2 Å². The molecule has 2 aromatic carbocycles. The number of rotatable bonds is 7. The molecular formula is C17H14F4N2O5. The van der Waals surface area contributed by atoms with Gasteiger partial charge in [0.05, 0.1) is 23.7 Å². The minimum atomic E-state index is -4.79. The van der Waals surface area contributed by atoms with Crippen LogP contribution in [0.2, 0.25) is 0 Å². The third kappa shape index (κ3) is 5.32. The molecule has 150 valence electrons. The lowest BCUT2D eigenvalue weighted by Crippen LogP contribution is -2.29. The van der Waals surface area contributed by atoms with Crippen LogP contribution in [0.5, 0.6) is 11.5 Å². The molecule has 2 aromatic rings. The molecule has 28 heavy (non-hydrogen) atoms. The lowest BCUT2D eigenvalue weighted by Gasteiger charge is -2.14. The molecule has 0 aliphatic rings. The maximum Gasteiger partial charge on any atom is 0.416 e. The molecule has 0 unspecified atom stereocenters. The van der Waals surface area contributed by atoms with Gasteiger partial charge in [0.2, 0.25) is 0 Å². The SMILES string of the molecule is COc1ccc(OCC(=O)NCc2ccc(F)cc2C(F)(F)F)c([N+](=O)[O-])c1. The van der Waals surface area contributed by atoms with E-state index in [1.165, 1.54) is 19.2 Å². The topological polar surface area (TPSA) is 90.7 Å². The van der Waals surface area contributed by atoms with Crippen LogP contribution in [0.15, 0.2) is 36.4 Å². The number of alkyl halides is 3. The smallest absolute Gasteiger partial charge is 0.416 e. The molecule has 0 saturated heterocycles. The second-order valence-corrected chi connectivity index (χ2v) is 5.46. The maximum absolute atomic E-state index is 13.1. The van der Waals surface area contributed by atoms with Crippen molar-refractivity contribution in [1.82, 2.24) is 5.32 Å². The fraction of sp³-hybridized carbons (Fsp3) is 0.235. The molecule has 0 bridgehead atoms. The first-order valence-corrected chi connectivity index (χ1v) is 7.69. The van der Waals surface area contributed by atoms with Crippen LogP contribution in [0, 0.1) is 15.9 Å². The van der Waals surface area contributed by atoms with Gasteiger partial charge in [-0.2, -0.15) is 13.2 Å². The monoisotopic (exact) mass is 402 g/mol. The Morgan fingerprint density at radius 1 is 1.21 bits per heavy atom. The van der Waals surface area contributed by atoms with Crippen LogP contribution in [-0.2, 0) is 17.5 Å². The maximum atomic E-state index is 13.1. The Bertz CT molecular complexity index is 886. The summed E-state index contributed by atoms with van der Waals surface area (Å²) >= 11 is 0. The van der Waals surface area contributed by atoms with Crippen molar-refractivity contribution in [2.75, 3.05) is 13.7 Å². The number of nitrogens with one attached hydrogen (secondary N) is 1. The van der Waals surface area contributed by atoms with E-state index in [4.69, 9.17) is 9.47 Å². The van der Waals surface area contributed by atoms with Crippen molar-refractivity contribution in [2.45, 2.75) is 12.7 Å². The molecule has 11 heteroatoms. The summed E-state index contributed by atoms with van der Waals surface area (Å²) in [5.74, 6) is -1.88. The van der Waals surface area contributed by atoms with Gasteiger partial charge in [0, 0.05) is 6.54 Å². The van der Waals surface area contributed by atoms with Gasteiger partial charge < -0.3 is 14.8 Å². The third-order valence-corrected chi connectivity index (χ3v) is 3.57. The van der Waals surface area contributed by atoms with Crippen LogP contribution in [0.3, 0.4) is 0 Å². The van der Waals surface area contributed by atoms with Crippen LogP contribution < -0.4 is 14.8 Å². The third-order valence-electron chi connectivity index (χ3n) is 3.57. The number of ether oxygens (including phenoxy) is 2. The minimum Gasteiger partial charge on any atom is -0.496 e. The van der Waals surface area contributed by atoms with Gasteiger partial charge in [0.25, 0.3) is 5.91 Å². The number of nitrogens with zero attached hydrogens (tertiary/aromatic N) is 1. The number of nitro groups is 1. The highest BCUT2D eigenvalue weighted by Gasteiger charge is 2.33. The summed E-state index contributed by atoms with van der Waals surface area (Å²) < 4.78 is 61.8. The van der Waals surface area contributed by atoms with Gasteiger partial charge in [-0.15, -0.1) is 0 Å². The van der Waals surface area contributed by atoms with Crippen molar-refractivity contribution in [3.05, 3.63) is 63.5 Å². The Kier molecular flexibility index (Phi) is 6.39. The summed E-state index contributed by atoms with van der Waals surface area (Å²) in [6.07, 6.45) is -4.79. The summed E-state index contributed by atoms with van der Waals surface area (Å²) in [7, 11) is 1.32. The summed E-state index contributed by atoms with van der Waals surface area (Å²) in [5.41, 5.74) is -1.98. The zero-order valence-corrected chi connectivity index (χ0v) is 14.4. The second-order valence-electron chi connectivity index (χ2n) is 5.46. The highest BCUT2D eigenvalue weighted by Crippen LogP contribution is 2.33. The molecule has 0 aliphatic carbocycles. The molecule has 7 nitrogen and oxygen atoms in total. The number of hydrogen-bond donors (Lipinski definition) is 1. The van der Waals surface area contributed by atoms with E-state index in [1.807, 2.05) is 0 Å². The summed E-state index contributed by atoms with van der Waals surface area (Å²) in [5, 5.41) is 13.2. The zero-order chi connectivity index (χ0) is 20.9. The molecular weight excluding hydrogens is 388 g/mol. The fourth-order valence-electron chi connectivity index (χ4n) is 2.24. The fourth-order valence-corrected chi connectivity index (χ4v) is 2.24. The van der Waals surface area contributed by atoms with Gasteiger partial charge in [-0.25, -0.2) is 4.39 Å². The molecule has 0 atom stereocenters. The number of nitro benzene ring substituents is 1. The molecule has 0 fully saturated rings. The van der Waals surface area contributed by atoms with Crippen molar-refractivity contribution in [3.8, 4) is 11.5 Å². The van der Waals surface area contributed by atoms with Gasteiger partial charge in [-0.1, -0.05) is 6.07 Å². The first kappa shape index (κ1) is 20.9. The zero-order valence-electron chi connectivity index (χ0n) is 14.4. The van der Waals surface area contributed by atoms with Gasteiger partial charge in [0.15, 0.2) is 12.4 Å². The van der Waals surface area contributed by atoms with E-state index in [9.17, 15) is 32.5 Å². The van der Waals surface area contributed by atoms with Crippen LogP contribution in [-0.4, -0.2) is 24.5 Å². The van der Waals surface area contributed by atoms with Crippen LogP contribution >= 0.6 is 0 Å². The molecule has 0 radical (unpaired) electrons. The van der Waals surface area contributed by atoms with Crippen molar-refractivity contribution >= 4 is 11.6 Å². The number of hydrogen-bond acceptors (Lipinski definition) is 5. The molecule has 1 amide bonds. The Hall–Kier alpha value is -3.37. The summed E-state index contributed by atoms with van der Waals surface area (Å²) in [6, 6.07) is 5.79. The van der Waals surface area contributed by atoms with Crippen molar-refractivity contribution in [2.24, 2.45) is 0 Å². The molecule has 0 aromatic heterocycles. The van der Waals surface area contributed by atoms with Crippen molar-refractivity contribution in [3.63, 3.8) is 0 Å². The second kappa shape index (κ2) is 8.55. The standard InChI is InChI=1S/C17H14F4N2O5/c1-27-12-4-5-15(14(7-12)23(25)26)28-9-16(24)22-8-10-2-3-11(18)6-13(10)17(19,20)21/h2-7H,8-9H2,1H3,(H,22,24). The first-order valence-electron chi connectivity index (χ1n) is 7.69. The number of benzene rings is 2. The molecule has 1 N–H and O–H groups in total. The highest BCUT2D eigenvalue weighted by molar-refractivity contribution is 5.77. The Morgan fingerprint density at radius 2 is 1.93 bits per heavy atom. The lowest BCUT2D eigenvalue weighted by atomic mass is 10.1. The minimum absolute atomic E-state index is 0.208. The predicted molar refractivity (Wildman–Crippen MR) is 88.4 cm³/mol. The Balaban J connectivity index is 2.02. The molecule has 0 aliphatic heterocycles. The number of halogens is 4. The van der Waals surface area contributed by atoms with Crippen molar-refractivity contribution in [1.29, 1.82) is 0 Å². The van der Waals surface area contributed by atoms with E-state index in [0.717, 1.165) is 18.2 Å². The van der Waals surface area contributed by atoms with Crippen LogP contribution in [0.25, 0.3) is 0 Å². The first-order chi connectivity index (χ1) is 13.1. The van der Waals surface area contributed by atoms with Gasteiger partial charge in [-0.3, -0.25) is 14.9 Å². The predicted octanol–water partition coefficient (Wildman–Crippen LogP) is 3.46. The van der Waals surface area contributed by atoms with Crippen LogP contribution in [0.1, 0.15) is 11.1 Å². The highest BCUT2D eigenvalue weighted by atomic mass is 19.4. The molecule has 0 spiro atoms. The number of carbonyl (C=O) groups is 1. The average molecular weight is 402 g/mol. The normalized spacial score (nSPS) is 11.0. The van der Waals surface area contributed by atoms with E-state index in [0.29, 0.717) is 6.07 Å². The summed E-state index contributed by atoms with van der Waals surface area (Å²) in [4.78, 5) is 22.1.